The number of fused-ring (bicyclic) bond motifs is 4. The number of hydrogen-bond donors (Lipinski definition) is 1. The molecule has 4 aromatic rings. The molecule has 6 heteroatoms. The second-order valence-corrected chi connectivity index (χ2v) is 7.47. The molecule has 0 fully saturated rings. The highest BCUT2D eigenvalue weighted by atomic mass is 35.5. The fourth-order valence-electron chi connectivity index (χ4n) is 3.93. The molecule has 0 bridgehead atoms. The van der Waals surface area contributed by atoms with E-state index in [1.54, 1.807) is 6.07 Å². The number of nitrogens with one attached hydrogen (secondary N) is 1. The number of para-hydroxylation sites is 2. The maximum Gasteiger partial charge on any atom is 0.157 e. The van der Waals surface area contributed by atoms with Crippen LogP contribution in [0.2, 0.25) is 10.0 Å². The molecule has 0 unspecified atom stereocenters. The molecule has 0 amide bonds. The summed E-state index contributed by atoms with van der Waals surface area (Å²) in [6.07, 6.45) is 2.86. The lowest BCUT2D eigenvalue weighted by Crippen LogP contribution is -2.06. The van der Waals surface area contributed by atoms with Crippen molar-refractivity contribution in [3.05, 3.63) is 69.2 Å². The minimum Gasteiger partial charge on any atom is -0.341 e. The van der Waals surface area contributed by atoms with Gasteiger partial charge in [-0.1, -0.05) is 35.3 Å². The average molecular weight is 393 g/mol. The molecule has 2 heterocycles. The number of nitriles is 1. The zero-order valence-electron chi connectivity index (χ0n) is 14.3. The van der Waals surface area contributed by atoms with E-state index in [0.29, 0.717) is 21.3 Å². The molecule has 27 heavy (non-hydrogen) atoms. The highest BCUT2D eigenvalue weighted by molar-refractivity contribution is 6.42. The quantitative estimate of drug-likeness (QED) is 0.461. The SMILES string of the molecule is N#Cc1c2c(c(Nc3ccc(Cl)c(Cl)c3)n3c1nc1ccccc13)CCC2. The van der Waals surface area contributed by atoms with Crippen molar-refractivity contribution in [3.63, 3.8) is 0 Å². The topological polar surface area (TPSA) is 53.1 Å². The van der Waals surface area contributed by atoms with E-state index < -0.39 is 0 Å². The standard InChI is InChI=1S/C21H14Cl2N4/c22-16-9-8-12(10-17(16)23)25-20-14-5-3-4-13(14)15(11-24)21-26-18-6-1-2-7-19(18)27(20)21/h1-2,6-10,25H,3-5H2. The Labute approximate surface area is 166 Å². The van der Waals surface area contributed by atoms with E-state index in [9.17, 15) is 5.26 Å². The summed E-state index contributed by atoms with van der Waals surface area (Å²) in [7, 11) is 0. The Hall–Kier alpha value is -2.74. The maximum atomic E-state index is 9.82. The van der Waals surface area contributed by atoms with E-state index in [4.69, 9.17) is 28.2 Å². The van der Waals surface area contributed by atoms with E-state index >= 15 is 0 Å². The molecule has 2 aromatic carbocycles. The predicted octanol–water partition coefficient (Wildman–Crippen LogP) is 5.90. The summed E-state index contributed by atoms with van der Waals surface area (Å²) in [6, 6.07) is 15.8. The van der Waals surface area contributed by atoms with Gasteiger partial charge in [0.05, 0.1) is 26.6 Å². The fourth-order valence-corrected chi connectivity index (χ4v) is 4.23. The van der Waals surface area contributed by atoms with Crippen molar-refractivity contribution in [2.75, 3.05) is 5.32 Å². The van der Waals surface area contributed by atoms with Gasteiger partial charge in [0.1, 0.15) is 11.9 Å². The normalized spacial score (nSPS) is 13.1. The molecule has 0 spiro atoms. The van der Waals surface area contributed by atoms with E-state index in [1.165, 1.54) is 5.56 Å². The number of imidazole rings is 1. The van der Waals surface area contributed by atoms with Gasteiger partial charge in [0.2, 0.25) is 0 Å². The Balaban J connectivity index is 1.85. The Bertz CT molecular complexity index is 1270. The van der Waals surface area contributed by atoms with E-state index in [2.05, 4.69) is 15.8 Å². The van der Waals surface area contributed by atoms with Crippen LogP contribution in [0.3, 0.4) is 0 Å². The van der Waals surface area contributed by atoms with E-state index in [1.807, 2.05) is 36.4 Å². The maximum absolute atomic E-state index is 9.82. The molecule has 0 radical (unpaired) electrons. The van der Waals surface area contributed by atoms with Crippen LogP contribution in [-0.4, -0.2) is 9.38 Å². The van der Waals surface area contributed by atoms with Crippen LogP contribution in [0, 0.1) is 11.3 Å². The van der Waals surface area contributed by atoms with Gasteiger partial charge in [0, 0.05) is 5.69 Å². The van der Waals surface area contributed by atoms with Gasteiger partial charge in [0.15, 0.2) is 5.65 Å². The number of benzene rings is 2. The first-order chi connectivity index (χ1) is 13.2. The summed E-state index contributed by atoms with van der Waals surface area (Å²) in [6.45, 7) is 0. The second-order valence-electron chi connectivity index (χ2n) is 6.66. The molecule has 2 aromatic heterocycles. The number of halogens is 2. The average Bonchev–Trinajstić information content (AvgIpc) is 3.29. The fraction of sp³-hybridized carbons (Fsp3) is 0.143. The van der Waals surface area contributed by atoms with Crippen LogP contribution >= 0.6 is 23.2 Å². The first-order valence-corrected chi connectivity index (χ1v) is 9.50. The first kappa shape index (κ1) is 16.4. The summed E-state index contributed by atoms with van der Waals surface area (Å²) in [5.41, 5.74) is 6.34. The zero-order valence-corrected chi connectivity index (χ0v) is 15.8. The summed E-state index contributed by atoms with van der Waals surface area (Å²) in [5, 5.41) is 14.3. The molecule has 1 aliphatic carbocycles. The highest BCUT2D eigenvalue weighted by Crippen LogP contribution is 2.38. The van der Waals surface area contributed by atoms with Crippen molar-refractivity contribution in [2.45, 2.75) is 19.3 Å². The van der Waals surface area contributed by atoms with Crippen LogP contribution in [0.1, 0.15) is 23.1 Å². The number of rotatable bonds is 2. The number of anilines is 2. The van der Waals surface area contributed by atoms with Crippen LogP contribution in [0.5, 0.6) is 0 Å². The third-order valence-electron chi connectivity index (χ3n) is 5.11. The summed E-state index contributed by atoms with van der Waals surface area (Å²) >= 11 is 12.3. The van der Waals surface area contributed by atoms with Crippen molar-refractivity contribution >= 4 is 51.4 Å². The minimum absolute atomic E-state index is 0.499. The molecular weight excluding hydrogens is 379 g/mol. The summed E-state index contributed by atoms with van der Waals surface area (Å²) < 4.78 is 2.06. The van der Waals surface area contributed by atoms with Crippen molar-refractivity contribution < 1.29 is 0 Å². The lowest BCUT2D eigenvalue weighted by Gasteiger charge is -2.16. The van der Waals surface area contributed by atoms with Gasteiger partial charge >= 0.3 is 0 Å². The van der Waals surface area contributed by atoms with Gasteiger partial charge in [-0.3, -0.25) is 4.40 Å². The summed E-state index contributed by atoms with van der Waals surface area (Å²) in [5.74, 6) is 0.948. The Morgan fingerprint density at radius 2 is 1.85 bits per heavy atom. The number of aromatic nitrogens is 2. The molecule has 4 nitrogen and oxygen atoms in total. The van der Waals surface area contributed by atoms with Crippen molar-refractivity contribution in [3.8, 4) is 6.07 Å². The minimum atomic E-state index is 0.499. The molecule has 132 valence electrons. The second kappa shape index (κ2) is 6.16. The Morgan fingerprint density at radius 3 is 2.67 bits per heavy atom. The molecule has 0 aliphatic heterocycles. The van der Waals surface area contributed by atoms with Gasteiger partial charge in [-0.05, 0) is 60.7 Å². The summed E-state index contributed by atoms with van der Waals surface area (Å²) in [4.78, 5) is 4.75. The molecule has 1 aliphatic rings. The number of hydrogen-bond acceptors (Lipinski definition) is 3. The van der Waals surface area contributed by atoms with Crippen molar-refractivity contribution in [2.24, 2.45) is 0 Å². The molecule has 0 saturated carbocycles. The Kier molecular flexibility index (Phi) is 3.75. The van der Waals surface area contributed by atoms with Crippen LogP contribution in [0.25, 0.3) is 16.7 Å². The molecule has 5 rings (SSSR count). The zero-order chi connectivity index (χ0) is 18.5. The van der Waals surface area contributed by atoms with Crippen molar-refractivity contribution in [1.29, 1.82) is 5.26 Å². The molecule has 0 saturated heterocycles. The highest BCUT2D eigenvalue weighted by Gasteiger charge is 2.25. The lowest BCUT2D eigenvalue weighted by molar-refractivity contribution is 0.910. The largest absolute Gasteiger partial charge is 0.341 e. The predicted molar refractivity (Wildman–Crippen MR) is 109 cm³/mol. The molecular formula is C21H14Cl2N4. The van der Waals surface area contributed by atoms with Crippen LogP contribution < -0.4 is 5.32 Å². The van der Waals surface area contributed by atoms with E-state index in [-0.39, 0.29) is 0 Å². The monoisotopic (exact) mass is 392 g/mol. The van der Waals surface area contributed by atoms with Crippen LogP contribution in [0.15, 0.2) is 42.5 Å². The van der Waals surface area contributed by atoms with Gasteiger partial charge < -0.3 is 5.32 Å². The smallest absolute Gasteiger partial charge is 0.157 e. The van der Waals surface area contributed by atoms with Gasteiger partial charge in [-0.15, -0.1) is 0 Å². The first-order valence-electron chi connectivity index (χ1n) is 8.74. The molecule has 0 atom stereocenters. The van der Waals surface area contributed by atoms with Gasteiger partial charge in [-0.2, -0.15) is 5.26 Å². The lowest BCUT2D eigenvalue weighted by atomic mass is 10.1. The third kappa shape index (κ3) is 2.47. The molecule has 1 N–H and O–H groups in total. The number of pyridine rings is 1. The van der Waals surface area contributed by atoms with Gasteiger partial charge in [-0.25, -0.2) is 4.98 Å². The van der Waals surface area contributed by atoms with Crippen LogP contribution in [0.4, 0.5) is 11.5 Å². The van der Waals surface area contributed by atoms with Crippen LogP contribution in [-0.2, 0) is 12.8 Å². The van der Waals surface area contributed by atoms with E-state index in [0.717, 1.165) is 47.4 Å². The van der Waals surface area contributed by atoms with Gasteiger partial charge in [0.25, 0.3) is 0 Å². The number of nitrogens with zero attached hydrogens (tertiary/aromatic N) is 3. The Morgan fingerprint density at radius 1 is 1.04 bits per heavy atom. The van der Waals surface area contributed by atoms with Crippen molar-refractivity contribution in [1.82, 2.24) is 9.38 Å². The third-order valence-corrected chi connectivity index (χ3v) is 5.85.